The second-order valence-electron chi connectivity index (χ2n) is 9.86. The van der Waals surface area contributed by atoms with Crippen LogP contribution in [-0.4, -0.2) is 29.4 Å². The van der Waals surface area contributed by atoms with Crippen molar-refractivity contribution < 1.29 is 23.9 Å². The molecule has 0 amide bonds. The maximum Gasteiger partial charge on any atom is 0.306 e. The third-order valence-corrected chi connectivity index (χ3v) is 8.46. The monoisotopic (exact) mass is 388 g/mol. The zero-order valence-corrected chi connectivity index (χ0v) is 17.5. The van der Waals surface area contributed by atoms with E-state index < -0.39 is 5.60 Å². The van der Waals surface area contributed by atoms with Gasteiger partial charge < -0.3 is 9.47 Å². The molecule has 1 saturated heterocycles. The quantitative estimate of drug-likeness (QED) is 0.669. The first-order chi connectivity index (χ1) is 13.1. The lowest BCUT2D eigenvalue weighted by atomic mass is 9.49. The van der Waals surface area contributed by atoms with Crippen LogP contribution in [0.4, 0.5) is 0 Å². The van der Waals surface area contributed by atoms with Crippen molar-refractivity contribution in [3.05, 3.63) is 11.6 Å². The Morgan fingerprint density at radius 3 is 2.57 bits per heavy atom. The summed E-state index contributed by atoms with van der Waals surface area (Å²) in [5.41, 5.74) is -0.0409. The first-order valence-corrected chi connectivity index (χ1v) is 10.8. The van der Waals surface area contributed by atoms with Crippen molar-refractivity contribution >= 4 is 17.7 Å². The van der Waals surface area contributed by atoms with E-state index in [9.17, 15) is 14.4 Å². The van der Waals surface area contributed by atoms with Crippen LogP contribution < -0.4 is 0 Å². The molecule has 3 aliphatic carbocycles. The number of fused-ring (bicyclic) bond motifs is 5. The van der Waals surface area contributed by atoms with Crippen LogP contribution in [0.1, 0.15) is 72.6 Å². The average molecular weight is 389 g/mol. The summed E-state index contributed by atoms with van der Waals surface area (Å²) in [6.45, 7) is 7.34. The maximum atomic E-state index is 12.9. The minimum absolute atomic E-state index is 0.00702. The Labute approximate surface area is 167 Å². The Balaban J connectivity index is 1.62. The molecule has 4 rings (SSSR count). The summed E-state index contributed by atoms with van der Waals surface area (Å²) in [5, 5.41) is 0. The summed E-state index contributed by atoms with van der Waals surface area (Å²) in [7, 11) is 0. The molecule has 0 aromatic heterocycles. The van der Waals surface area contributed by atoms with Gasteiger partial charge in [0.05, 0.1) is 0 Å². The van der Waals surface area contributed by atoms with E-state index in [0.717, 1.165) is 38.5 Å². The van der Waals surface area contributed by atoms with Gasteiger partial charge in [-0.05, 0) is 75.5 Å². The molecule has 3 fully saturated rings. The van der Waals surface area contributed by atoms with Gasteiger partial charge in [0.2, 0.25) is 0 Å². The van der Waals surface area contributed by atoms with E-state index in [1.807, 2.05) is 13.0 Å². The van der Waals surface area contributed by atoms with Crippen LogP contribution in [0.2, 0.25) is 0 Å². The van der Waals surface area contributed by atoms with E-state index in [-0.39, 0.29) is 41.1 Å². The molecule has 0 spiro atoms. The van der Waals surface area contributed by atoms with E-state index in [2.05, 4.69) is 6.92 Å². The summed E-state index contributed by atoms with van der Waals surface area (Å²) >= 11 is 0. The molecule has 0 unspecified atom stereocenters. The van der Waals surface area contributed by atoms with Crippen LogP contribution in [0.15, 0.2) is 11.6 Å². The Morgan fingerprint density at radius 1 is 1.14 bits per heavy atom. The molecule has 5 nitrogen and oxygen atoms in total. The van der Waals surface area contributed by atoms with Gasteiger partial charge in [0.15, 0.2) is 5.78 Å². The van der Waals surface area contributed by atoms with Gasteiger partial charge in [-0.25, -0.2) is 0 Å². The fourth-order valence-electron chi connectivity index (χ4n) is 7.15. The number of rotatable bonds is 2. The first kappa shape index (κ1) is 19.7. The molecule has 1 aliphatic heterocycles. The number of esters is 2. The number of hydrogen-bond acceptors (Lipinski definition) is 5. The maximum absolute atomic E-state index is 12.9. The lowest BCUT2D eigenvalue weighted by Crippen LogP contribution is -2.51. The molecular formula is C23H32O5. The molecule has 5 heteroatoms. The fourth-order valence-corrected chi connectivity index (χ4v) is 7.15. The van der Waals surface area contributed by atoms with Crippen molar-refractivity contribution in [2.75, 3.05) is 0 Å². The van der Waals surface area contributed by atoms with Crippen LogP contribution >= 0.6 is 0 Å². The molecule has 0 radical (unpaired) electrons. The van der Waals surface area contributed by atoms with Crippen molar-refractivity contribution in [1.82, 2.24) is 0 Å². The lowest BCUT2D eigenvalue weighted by Gasteiger charge is -2.55. The van der Waals surface area contributed by atoms with Gasteiger partial charge in [-0.15, -0.1) is 0 Å². The SMILES string of the molecule is CC(=O)O[C@H]1CC[C@@]2(C)[C@@H](CC[C@H]3[C@H]2CC(=O)O[C@@]2(C)C(C(C)=O)=CC[C@H]32)C1. The van der Waals surface area contributed by atoms with E-state index >= 15 is 0 Å². The number of carbonyl (C=O) groups is 3. The Bertz CT molecular complexity index is 739. The third-order valence-electron chi connectivity index (χ3n) is 8.46. The number of ketones is 1. The second kappa shape index (κ2) is 6.70. The molecule has 1 heterocycles. The molecule has 0 bridgehead atoms. The van der Waals surface area contributed by atoms with Crippen LogP contribution in [0.3, 0.4) is 0 Å². The molecule has 0 aromatic carbocycles. The molecule has 4 aliphatic rings. The summed E-state index contributed by atoms with van der Waals surface area (Å²) in [5.74, 6) is 0.943. The van der Waals surface area contributed by atoms with Crippen molar-refractivity contribution in [1.29, 1.82) is 0 Å². The van der Waals surface area contributed by atoms with Crippen molar-refractivity contribution in [3.63, 3.8) is 0 Å². The zero-order chi connectivity index (χ0) is 20.3. The Kier molecular flexibility index (Phi) is 4.71. The van der Waals surface area contributed by atoms with Gasteiger partial charge >= 0.3 is 11.9 Å². The highest BCUT2D eigenvalue weighted by Gasteiger charge is 2.60. The molecule has 7 atom stereocenters. The molecular weight excluding hydrogens is 356 g/mol. The van der Waals surface area contributed by atoms with Crippen molar-refractivity contribution in [2.24, 2.45) is 29.1 Å². The molecule has 154 valence electrons. The molecule has 0 aromatic rings. The topological polar surface area (TPSA) is 69.7 Å². The fraction of sp³-hybridized carbons (Fsp3) is 0.783. The number of carbonyl (C=O) groups excluding carboxylic acids is 3. The smallest absolute Gasteiger partial charge is 0.306 e. The van der Waals surface area contributed by atoms with Gasteiger partial charge in [-0.1, -0.05) is 13.0 Å². The van der Waals surface area contributed by atoms with Crippen molar-refractivity contribution in [2.45, 2.75) is 84.3 Å². The Morgan fingerprint density at radius 2 is 1.89 bits per heavy atom. The Hall–Kier alpha value is -1.65. The number of ether oxygens (including phenoxy) is 2. The van der Waals surface area contributed by atoms with E-state index in [1.165, 1.54) is 6.92 Å². The minimum Gasteiger partial charge on any atom is -0.463 e. The number of allylic oxidation sites excluding steroid dienone is 1. The number of Topliss-reactive ketones (excluding diaryl/α,β-unsaturated/α-hetero) is 1. The normalized spacial score (nSPS) is 44.9. The van der Waals surface area contributed by atoms with Gasteiger partial charge in [-0.2, -0.15) is 0 Å². The number of hydrogen-bond donors (Lipinski definition) is 0. The first-order valence-electron chi connectivity index (χ1n) is 10.8. The highest BCUT2D eigenvalue weighted by molar-refractivity contribution is 5.96. The van der Waals surface area contributed by atoms with Crippen LogP contribution in [0.5, 0.6) is 0 Å². The van der Waals surface area contributed by atoms with Gasteiger partial charge in [-0.3, -0.25) is 14.4 Å². The van der Waals surface area contributed by atoms with Crippen molar-refractivity contribution in [3.8, 4) is 0 Å². The summed E-state index contributed by atoms with van der Waals surface area (Å²) in [6, 6.07) is 0. The van der Waals surface area contributed by atoms with Gasteiger partial charge in [0, 0.05) is 24.8 Å². The lowest BCUT2D eigenvalue weighted by molar-refractivity contribution is -0.157. The van der Waals surface area contributed by atoms with Crippen LogP contribution in [0, 0.1) is 29.1 Å². The predicted octanol–water partition coefficient (Wildman–Crippen LogP) is 3.99. The molecule has 2 saturated carbocycles. The highest BCUT2D eigenvalue weighted by Crippen LogP contribution is 2.62. The average Bonchev–Trinajstić information content (AvgIpc) is 2.87. The van der Waals surface area contributed by atoms with E-state index in [1.54, 1.807) is 6.92 Å². The largest absolute Gasteiger partial charge is 0.463 e. The summed E-state index contributed by atoms with van der Waals surface area (Å²) in [4.78, 5) is 36.4. The summed E-state index contributed by atoms with van der Waals surface area (Å²) in [6.07, 6.45) is 8.14. The van der Waals surface area contributed by atoms with Gasteiger partial charge in [0.1, 0.15) is 11.7 Å². The van der Waals surface area contributed by atoms with E-state index in [4.69, 9.17) is 9.47 Å². The zero-order valence-electron chi connectivity index (χ0n) is 17.5. The third kappa shape index (κ3) is 2.93. The highest BCUT2D eigenvalue weighted by atomic mass is 16.6. The van der Waals surface area contributed by atoms with Crippen LogP contribution in [0.25, 0.3) is 0 Å². The standard InChI is InChI=1S/C23H32O5/c1-13(24)18-7-8-19-17-6-5-15-11-16(27-14(2)25)9-10-22(15,3)20(17)12-21(26)28-23(18,19)4/h7,15-17,19-20H,5-6,8-12H2,1-4H3/t15-,16-,17+,19+,20+,22-,23-/m0/s1. The summed E-state index contributed by atoms with van der Waals surface area (Å²) < 4.78 is 11.5. The minimum atomic E-state index is -0.777. The molecule has 28 heavy (non-hydrogen) atoms. The van der Waals surface area contributed by atoms with E-state index in [0.29, 0.717) is 23.8 Å². The van der Waals surface area contributed by atoms with Crippen LogP contribution in [-0.2, 0) is 23.9 Å². The molecule has 0 N–H and O–H groups in total. The predicted molar refractivity (Wildman–Crippen MR) is 103 cm³/mol. The van der Waals surface area contributed by atoms with Gasteiger partial charge in [0.25, 0.3) is 0 Å². The second-order valence-corrected chi connectivity index (χ2v) is 9.86.